The Morgan fingerprint density at radius 3 is 2.74 bits per heavy atom. The van der Waals surface area contributed by atoms with Crippen LogP contribution in [0.3, 0.4) is 0 Å². The van der Waals surface area contributed by atoms with E-state index in [2.05, 4.69) is 20.9 Å². The maximum atomic E-state index is 13.8. The Balaban J connectivity index is 1.65. The molecule has 1 atom stereocenters. The van der Waals surface area contributed by atoms with E-state index in [0.717, 1.165) is 0 Å². The van der Waals surface area contributed by atoms with E-state index >= 15 is 0 Å². The first-order chi connectivity index (χ1) is 18.7. The summed E-state index contributed by atoms with van der Waals surface area (Å²) in [5.74, 6) is 1.07. The van der Waals surface area contributed by atoms with Crippen molar-refractivity contribution in [3.63, 3.8) is 0 Å². The highest BCUT2D eigenvalue weighted by atomic mass is 79.9. The number of rotatable bonds is 6. The molecular weight excluding hydrogens is 627 g/mol. The van der Waals surface area contributed by atoms with Gasteiger partial charge < -0.3 is 13.9 Å². The molecule has 0 amide bonds. The highest BCUT2D eigenvalue weighted by Crippen LogP contribution is 2.36. The number of benzene rings is 2. The number of hydrogen-bond acceptors (Lipinski definition) is 7. The SMILES string of the molecule is CCOC(=O)C1=C(C)N=c2s/c(=C/c3ccc(-c4cccc(Cl)c4Cl)o3)c(=O)n2[C@H]1c1ccc(OC)c(Br)c1. The molecule has 0 bridgehead atoms. The van der Waals surface area contributed by atoms with E-state index < -0.39 is 12.0 Å². The van der Waals surface area contributed by atoms with Crippen LogP contribution in [0.25, 0.3) is 17.4 Å². The van der Waals surface area contributed by atoms with Crippen LogP contribution < -0.4 is 19.6 Å². The van der Waals surface area contributed by atoms with Crippen LogP contribution in [0.4, 0.5) is 0 Å². The maximum Gasteiger partial charge on any atom is 0.338 e. The zero-order valence-electron chi connectivity index (χ0n) is 21.0. The number of allylic oxidation sites excluding steroid dienone is 1. The number of fused-ring (bicyclic) bond motifs is 1. The van der Waals surface area contributed by atoms with Crippen molar-refractivity contribution in [2.24, 2.45) is 4.99 Å². The molecule has 0 spiro atoms. The summed E-state index contributed by atoms with van der Waals surface area (Å²) in [5.41, 5.74) is 1.80. The molecule has 0 saturated carbocycles. The highest BCUT2D eigenvalue weighted by molar-refractivity contribution is 9.10. The molecule has 1 aliphatic heterocycles. The lowest BCUT2D eigenvalue weighted by molar-refractivity contribution is -0.139. The van der Waals surface area contributed by atoms with Gasteiger partial charge in [0.05, 0.1) is 50.1 Å². The van der Waals surface area contributed by atoms with Crippen LogP contribution in [-0.4, -0.2) is 24.3 Å². The van der Waals surface area contributed by atoms with Gasteiger partial charge in [-0.1, -0.05) is 46.7 Å². The van der Waals surface area contributed by atoms with Gasteiger partial charge in [-0.3, -0.25) is 9.36 Å². The van der Waals surface area contributed by atoms with Gasteiger partial charge in [-0.25, -0.2) is 9.79 Å². The summed E-state index contributed by atoms with van der Waals surface area (Å²) >= 11 is 17.2. The average molecular weight is 648 g/mol. The first kappa shape index (κ1) is 27.5. The topological polar surface area (TPSA) is 83.0 Å². The number of carbonyl (C=O) groups is 1. The molecule has 0 saturated heterocycles. The zero-order chi connectivity index (χ0) is 27.8. The molecular formula is C28H21BrCl2N2O5S. The molecule has 200 valence electrons. The Hall–Kier alpha value is -3.11. The average Bonchev–Trinajstić information content (AvgIpc) is 3.49. The van der Waals surface area contributed by atoms with E-state index in [1.165, 1.54) is 15.9 Å². The molecule has 0 aliphatic carbocycles. The van der Waals surface area contributed by atoms with E-state index in [-0.39, 0.29) is 12.2 Å². The molecule has 2 aromatic heterocycles. The van der Waals surface area contributed by atoms with Crippen LogP contribution in [-0.2, 0) is 9.53 Å². The van der Waals surface area contributed by atoms with Crippen molar-refractivity contribution >= 4 is 62.5 Å². The fraction of sp³-hybridized carbons (Fsp3) is 0.179. The van der Waals surface area contributed by atoms with Gasteiger partial charge in [0, 0.05) is 11.6 Å². The minimum absolute atomic E-state index is 0.191. The van der Waals surface area contributed by atoms with E-state index in [1.807, 2.05) is 12.1 Å². The molecule has 3 heterocycles. The van der Waals surface area contributed by atoms with Gasteiger partial charge in [0.25, 0.3) is 5.56 Å². The monoisotopic (exact) mass is 646 g/mol. The molecule has 5 rings (SSSR count). The number of carbonyl (C=O) groups excluding carboxylic acids is 1. The van der Waals surface area contributed by atoms with Crippen LogP contribution in [0, 0.1) is 0 Å². The molecule has 39 heavy (non-hydrogen) atoms. The number of hydrogen-bond donors (Lipinski definition) is 0. The molecule has 4 aromatic rings. The second-order valence-electron chi connectivity index (χ2n) is 8.50. The zero-order valence-corrected chi connectivity index (χ0v) is 24.9. The third kappa shape index (κ3) is 5.12. The predicted octanol–water partition coefficient (Wildman–Crippen LogP) is 6.14. The lowest BCUT2D eigenvalue weighted by Crippen LogP contribution is -2.39. The minimum Gasteiger partial charge on any atom is -0.496 e. The van der Waals surface area contributed by atoms with Crippen molar-refractivity contribution in [2.75, 3.05) is 13.7 Å². The van der Waals surface area contributed by atoms with Crippen LogP contribution in [0.2, 0.25) is 10.0 Å². The molecule has 7 nitrogen and oxygen atoms in total. The normalized spacial score (nSPS) is 15.2. The van der Waals surface area contributed by atoms with Gasteiger partial charge in [0.2, 0.25) is 0 Å². The van der Waals surface area contributed by atoms with Crippen LogP contribution in [0.1, 0.15) is 31.2 Å². The lowest BCUT2D eigenvalue weighted by atomic mass is 9.96. The number of aromatic nitrogens is 1. The minimum atomic E-state index is -0.748. The van der Waals surface area contributed by atoms with E-state index in [4.69, 9.17) is 37.1 Å². The summed E-state index contributed by atoms with van der Waals surface area (Å²) in [7, 11) is 1.57. The van der Waals surface area contributed by atoms with Crippen molar-refractivity contribution in [1.82, 2.24) is 4.57 Å². The lowest BCUT2D eigenvalue weighted by Gasteiger charge is -2.25. The van der Waals surface area contributed by atoms with Gasteiger partial charge in [0.1, 0.15) is 17.3 Å². The summed E-state index contributed by atoms with van der Waals surface area (Å²) < 4.78 is 19.3. The fourth-order valence-electron chi connectivity index (χ4n) is 4.36. The fourth-order valence-corrected chi connectivity index (χ4v) is 6.34. The van der Waals surface area contributed by atoms with Gasteiger partial charge >= 0.3 is 5.97 Å². The van der Waals surface area contributed by atoms with E-state index in [0.29, 0.717) is 63.5 Å². The smallest absolute Gasteiger partial charge is 0.338 e. The summed E-state index contributed by atoms with van der Waals surface area (Å²) in [6.45, 7) is 3.66. The number of esters is 1. The van der Waals surface area contributed by atoms with Gasteiger partial charge in [0.15, 0.2) is 4.80 Å². The largest absolute Gasteiger partial charge is 0.496 e. The molecule has 0 unspecified atom stereocenters. The number of nitrogens with zero attached hydrogens (tertiary/aromatic N) is 2. The van der Waals surface area contributed by atoms with Crippen LogP contribution >= 0.6 is 50.5 Å². The number of methoxy groups -OCH3 is 1. The number of halogens is 3. The summed E-state index contributed by atoms with van der Waals surface area (Å²) in [4.78, 5) is 31.9. The third-order valence-electron chi connectivity index (χ3n) is 6.13. The third-order valence-corrected chi connectivity index (χ3v) is 8.55. The van der Waals surface area contributed by atoms with Crippen molar-refractivity contribution < 1.29 is 18.7 Å². The summed E-state index contributed by atoms with van der Waals surface area (Å²) in [6.07, 6.45) is 1.65. The molecule has 0 N–H and O–H groups in total. The number of furan rings is 1. The number of thiazole rings is 1. The van der Waals surface area contributed by atoms with Gasteiger partial charge in [-0.05, 0) is 71.7 Å². The van der Waals surface area contributed by atoms with Crippen molar-refractivity contribution in [1.29, 1.82) is 0 Å². The summed E-state index contributed by atoms with van der Waals surface area (Å²) in [6, 6.07) is 13.5. The Kier molecular flexibility index (Phi) is 7.87. The molecule has 0 radical (unpaired) electrons. The predicted molar refractivity (Wildman–Crippen MR) is 155 cm³/mol. The first-order valence-electron chi connectivity index (χ1n) is 11.8. The van der Waals surface area contributed by atoms with Gasteiger partial charge in [-0.2, -0.15) is 0 Å². The van der Waals surface area contributed by atoms with E-state index in [1.54, 1.807) is 63.4 Å². The van der Waals surface area contributed by atoms with Crippen LogP contribution in [0.15, 0.2) is 78.5 Å². The highest BCUT2D eigenvalue weighted by Gasteiger charge is 2.33. The number of ether oxygens (including phenoxy) is 2. The van der Waals surface area contributed by atoms with Crippen molar-refractivity contribution in [3.8, 4) is 17.1 Å². The van der Waals surface area contributed by atoms with Crippen LogP contribution in [0.5, 0.6) is 5.75 Å². The molecule has 1 aliphatic rings. The Morgan fingerprint density at radius 2 is 2.03 bits per heavy atom. The quantitative estimate of drug-likeness (QED) is 0.235. The van der Waals surface area contributed by atoms with Gasteiger partial charge in [-0.15, -0.1) is 0 Å². The Bertz CT molecular complexity index is 1820. The van der Waals surface area contributed by atoms with E-state index in [9.17, 15) is 9.59 Å². The second-order valence-corrected chi connectivity index (χ2v) is 11.1. The molecule has 2 aromatic carbocycles. The Labute approximate surface area is 245 Å². The summed E-state index contributed by atoms with van der Waals surface area (Å²) in [5, 5.41) is 0.797. The Morgan fingerprint density at radius 1 is 1.23 bits per heavy atom. The van der Waals surface area contributed by atoms with Crippen molar-refractivity contribution in [3.05, 3.63) is 105 Å². The molecule has 11 heteroatoms. The second kappa shape index (κ2) is 11.2. The molecule has 0 fully saturated rings. The van der Waals surface area contributed by atoms with Crippen molar-refractivity contribution in [2.45, 2.75) is 19.9 Å². The maximum absolute atomic E-state index is 13.8. The first-order valence-corrected chi connectivity index (χ1v) is 14.2. The standard InChI is InChI=1S/C28H21BrCl2N2O5S/c1-4-37-27(35)23-14(2)32-28-33(25(23)15-8-10-21(36-3)18(29)12-15)26(34)22(39-28)13-16-9-11-20(38-16)17-6-5-7-19(30)24(17)31/h5-13,25H,4H2,1-3H3/b22-13+/t25-/m0/s1.